The minimum absolute atomic E-state index is 0.119. The number of rotatable bonds is 4. The summed E-state index contributed by atoms with van der Waals surface area (Å²) in [5.41, 5.74) is 0.910. The van der Waals surface area contributed by atoms with E-state index in [-0.39, 0.29) is 10.9 Å². The average molecular weight is 335 g/mol. The van der Waals surface area contributed by atoms with Crippen LogP contribution in [0, 0.1) is 5.82 Å². The standard InChI is InChI=1S/C16H18FN3O2S/c1-18-16-11-12(8-9-19-16)15-3-2-10-20(15)23(21,22)14-6-4-13(17)5-7-14/h4-9,11,15H,2-3,10H2,1H3,(H,18,19). The van der Waals surface area contributed by atoms with Crippen LogP contribution in [0.4, 0.5) is 10.2 Å². The van der Waals surface area contributed by atoms with Gasteiger partial charge >= 0.3 is 0 Å². The van der Waals surface area contributed by atoms with Crippen molar-refractivity contribution in [2.24, 2.45) is 0 Å². The second kappa shape index (κ2) is 6.25. The van der Waals surface area contributed by atoms with Gasteiger partial charge in [-0.1, -0.05) is 0 Å². The lowest BCUT2D eigenvalue weighted by Crippen LogP contribution is -2.30. The predicted molar refractivity (Wildman–Crippen MR) is 86.1 cm³/mol. The molecule has 23 heavy (non-hydrogen) atoms. The number of nitrogens with one attached hydrogen (secondary N) is 1. The van der Waals surface area contributed by atoms with Crippen LogP contribution in [0.1, 0.15) is 24.4 Å². The summed E-state index contributed by atoms with van der Waals surface area (Å²) in [7, 11) is -1.87. The molecule has 0 bridgehead atoms. The van der Waals surface area contributed by atoms with Crippen molar-refractivity contribution < 1.29 is 12.8 Å². The maximum atomic E-state index is 13.1. The fourth-order valence-electron chi connectivity index (χ4n) is 2.89. The van der Waals surface area contributed by atoms with Crippen molar-refractivity contribution in [3.05, 3.63) is 54.0 Å². The lowest BCUT2D eigenvalue weighted by molar-refractivity contribution is 0.396. The molecular formula is C16H18FN3O2S. The Morgan fingerprint density at radius 1 is 1.26 bits per heavy atom. The Labute approximate surface area is 135 Å². The smallest absolute Gasteiger partial charge is 0.243 e. The topological polar surface area (TPSA) is 62.3 Å². The molecule has 1 aliphatic heterocycles. The molecule has 1 aromatic carbocycles. The molecule has 0 radical (unpaired) electrons. The van der Waals surface area contributed by atoms with E-state index in [1.807, 2.05) is 12.1 Å². The van der Waals surface area contributed by atoms with Gasteiger partial charge in [0.25, 0.3) is 0 Å². The molecule has 1 aliphatic rings. The molecular weight excluding hydrogens is 317 g/mol. The summed E-state index contributed by atoms with van der Waals surface area (Å²) in [5, 5.41) is 2.96. The van der Waals surface area contributed by atoms with Gasteiger partial charge in [0.2, 0.25) is 10.0 Å². The molecule has 2 heterocycles. The van der Waals surface area contributed by atoms with E-state index >= 15 is 0 Å². The third-order valence-corrected chi connectivity index (χ3v) is 5.97. The molecule has 0 aliphatic carbocycles. The van der Waals surface area contributed by atoms with Gasteiger partial charge in [0.05, 0.1) is 10.9 Å². The zero-order valence-corrected chi connectivity index (χ0v) is 13.6. The molecule has 3 rings (SSSR count). The van der Waals surface area contributed by atoms with E-state index in [0.717, 1.165) is 18.4 Å². The molecule has 2 aromatic rings. The quantitative estimate of drug-likeness (QED) is 0.933. The third-order valence-electron chi connectivity index (χ3n) is 4.05. The first kappa shape index (κ1) is 15.9. The van der Waals surface area contributed by atoms with Crippen molar-refractivity contribution in [2.75, 3.05) is 18.9 Å². The van der Waals surface area contributed by atoms with Crippen molar-refractivity contribution in [3.63, 3.8) is 0 Å². The number of pyridine rings is 1. The highest BCUT2D eigenvalue weighted by Gasteiger charge is 2.36. The Kier molecular flexibility index (Phi) is 4.32. The van der Waals surface area contributed by atoms with E-state index in [1.54, 1.807) is 13.2 Å². The first-order valence-electron chi connectivity index (χ1n) is 7.43. The van der Waals surface area contributed by atoms with Crippen LogP contribution < -0.4 is 5.32 Å². The predicted octanol–water partition coefficient (Wildman–Crippen LogP) is 2.79. The van der Waals surface area contributed by atoms with Crippen LogP contribution in [0.5, 0.6) is 0 Å². The van der Waals surface area contributed by atoms with E-state index in [2.05, 4.69) is 10.3 Å². The van der Waals surface area contributed by atoms with Gasteiger partial charge in [-0.05, 0) is 54.8 Å². The number of hydrogen-bond acceptors (Lipinski definition) is 4. The van der Waals surface area contributed by atoms with E-state index in [9.17, 15) is 12.8 Å². The first-order chi connectivity index (χ1) is 11.0. The number of hydrogen-bond donors (Lipinski definition) is 1. The van der Waals surface area contributed by atoms with Crippen LogP contribution >= 0.6 is 0 Å². The lowest BCUT2D eigenvalue weighted by Gasteiger charge is -2.24. The van der Waals surface area contributed by atoms with Gasteiger partial charge in [-0.25, -0.2) is 17.8 Å². The van der Waals surface area contributed by atoms with Crippen molar-refractivity contribution in [3.8, 4) is 0 Å². The normalized spacial score (nSPS) is 19.0. The molecule has 122 valence electrons. The fraction of sp³-hybridized carbons (Fsp3) is 0.312. The Morgan fingerprint density at radius 2 is 2.00 bits per heavy atom. The lowest BCUT2D eigenvalue weighted by atomic mass is 10.1. The molecule has 1 saturated heterocycles. The summed E-state index contributed by atoms with van der Waals surface area (Å²) in [5.74, 6) is 0.253. The summed E-state index contributed by atoms with van der Waals surface area (Å²) >= 11 is 0. The number of sulfonamides is 1. The van der Waals surface area contributed by atoms with E-state index in [0.29, 0.717) is 12.4 Å². The molecule has 1 fully saturated rings. The van der Waals surface area contributed by atoms with Gasteiger partial charge in [0.1, 0.15) is 11.6 Å². The van der Waals surface area contributed by atoms with Crippen LogP contribution in [-0.4, -0.2) is 31.3 Å². The summed E-state index contributed by atoms with van der Waals surface area (Å²) < 4.78 is 40.3. The van der Waals surface area contributed by atoms with E-state index < -0.39 is 15.8 Å². The highest BCUT2D eigenvalue weighted by molar-refractivity contribution is 7.89. The molecule has 0 spiro atoms. The molecule has 5 nitrogen and oxygen atoms in total. The van der Waals surface area contributed by atoms with Gasteiger partial charge in [-0.3, -0.25) is 0 Å². The maximum absolute atomic E-state index is 13.1. The minimum Gasteiger partial charge on any atom is -0.373 e. The van der Waals surface area contributed by atoms with Crippen LogP contribution in [0.3, 0.4) is 0 Å². The zero-order chi connectivity index (χ0) is 16.4. The number of anilines is 1. The van der Waals surface area contributed by atoms with Crippen molar-refractivity contribution in [2.45, 2.75) is 23.8 Å². The number of halogens is 1. The second-order valence-corrected chi connectivity index (χ2v) is 7.34. The van der Waals surface area contributed by atoms with Gasteiger partial charge in [0.15, 0.2) is 0 Å². The first-order valence-corrected chi connectivity index (χ1v) is 8.87. The molecule has 0 amide bonds. The van der Waals surface area contributed by atoms with E-state index in [1.165, 1.54) is 28.6 Å². The van der Waals surface area contributed by atoms with Crippen LogP contribution in [0.2, 0.25) is 0 Å². The second-order valence-electron chi connectivity index (χ2n) is 5.45. The number of nitrogens with zero attached hydrogens (tertiary/aromatic N) is 2. The average Bonchev–Trinajstić information content (AvgIpc) is 3.06. The Bertz CT molecular complexity index is 793. The molecule has 1 unspecified atom stereocenters. The van der Waals surface area contributed by atoms with Gasteiger partial charge < -0.3 is 5.32 Å². The van der Waals surface area contributed by atoms with Crippen LogP contribution in [-0.2, 0) is 10.0 Å². The highest BCUT2D eigenvalue weighted by Crippen LogP contribution is 2.36. The molecule has 1 atom stereocenters. The third kappa shape index (κ3) is 3.07. The Morgan fingerprint density at radius 3 is 2.70 bits per heavy atom. The molecule has 7 heteroatoms. The van der Waals surface area contributed by atoms with Crippen molar-refractivity contribution >= 4 is 15.8 Å². The Balaban J connectivity index is 1.96. The fourth-order valence-corrected chi connectivity index (χ4v) is 4.58. The Hall–Kier alpha value is -1.99. The van der Waals surface area contributed by atoms with Gasteiger partial charge in [-0.15, -0.1) is 0 Å². The minimum atomic E-state index is -3.65. The number of aromatic nitrogens is 1. The highest BCUT2D eigenvalue weighted by atomic mass is 32.2. The summed E-state index contributed by atoms with van der Waals surface area (Å²) in [6.07, 6.45) is 3.22. The largest absolute Gasteiger partial charge is 0.373 e. The van der Waals surface area contributed by atoms with Gasteiger partial charge in [-0.2, -0.15) is 4.31 Å². The molecule has 0 saturated carbocycles. The van der Waals surface area contributed by atoms with Crippen LogP contribution in [0.25, 0.3) is 0 Å². The van der Waals surface area contributed by atoms with E-state index in [4.69, 9.17) is 0 Å². The van der Waals surface area contributed by atoms with Crippen molar-refractivity contribution in [1.29, 1.82) is 0 Å². The van der Waals surface area contributed by atoms with Crippen LogP contribution in [0.15, 0.2) is 47.5 Å². The van der Waals surface area contributed by atoms with Crippen molar-refractivity contribution in [1.82, 2.24) is 9.29 Å². The molecule has 1 N–H and O–H groups in total. The number of benzene rings is 1. The summed E-state index contributed by atoms with van der Waals surface area (Å²) in [6, 6.07) is 8.44. The SMILES string of the molecule is CNc1cc(C2CCCN2S(=O)(=O)c2ccc(F)cc2)ccn1. The summed E-state index contributed by atoms with van der Waals surface area (Å²) in [4.78, 5) is 4.28. The molecule has 1 aromatic heterocycles. The monoisotopic (exact) mass is 335 g/mol. The van der Waals surface area contributed by atoms with Gasteiger partial charge in [0, 0.05) is 19.8 Å². The maximum Gasteiger partial charge on any atom is 0.243 e. The summed E-state index contributed by atoms with van der Waals surface area (Å²) in [6.45, 7) is 0.460. The zero-order valence-electron chi connectivity index (χ0n) is 12.7.